The summed E-state index contributed by atoms with van der Waals surface area (Å²) in [5, 5.41) is 9.13. The number of guanidine groups is 1. The van der Waals surface area contributed by atoms with Crippen LogP contribution in [0.2, 0.25) is 0 Å². The molecule has 0 saturated heterocycles. The monoisotopic (exact) mass is 477 g/mol. The Bertz CT molecular complexity index is 672. The van der Waals surface area contributed by atoms with E-state index >= 15 is 0 Å². The number of nitrogens with zero attached hydrogens (tertiary/aromatic N) is 3. The maximum Gasteiger partial charge on any atom is 0.287 e. The van der Waals surface area contributed by atoms with Gasteiger partial charge < -0.3 is 20.0 Å². The van der Waals surface area contributed by atoms with Crippen LogP contribution in [-0.4, -0.2) is 48.4 Å². The molecule has 0 aliphatic carbocycles. The molecule has 0 unspecified atom stereocenters. The number of nitrogens with one attached hydrogen (secondary N) is 2. The summed E-state index contributed by atoms with van der Waals surface area (Å²) in [7, 11) is 1.97. The lowest BCUT2D eigenvalue weighted by Crippen LogP contribution is -2.39. The van der Waals surface area contributed by atoms with Gasteiger partial charge in [-0.2, -0.15) is 0 Å². The summed E-state index contributed by atoms with van der Waals surface area (Å²) in [4.78, 5) is 22.8. The molecule has 2 aromatic rings. The molecule has 0 bridgehead atoms. The lowest BCUT2D eigenvalue weighted by molar-refractivity contribution is 0.0927. The van der Waals surface area contributed by atoms with Crippen LogP contribution >= 0.6 is 35.3 Å². The normalized spacial score (nSPS) is 10.9. The first-order valence-corrected chi connectivity index (χ1v) is 8.70. The van der Waals surface area contributed by atoms with Gasteiger partial charge in [0.05, 0.1) is 30.1 Å². The van der Waals surface area contributed by atoms with Gasteiger partial charge in [0.25, 0.3) is 5.91 Å². The second kappa shape index (κ2) is 11.1. The van der Waals surface area contributed by atoms with Crippen molar-refractivity contribution >= 4 is 47.2 Å². The number of hydrogen-bond donors (Lipinski definition) is 2. The van der Waals surface area contributed by atoms with E-state index in [2.05, 4.69) is 26.0 Å². The zero-order valence-corrected chi connectivity index (χ0v) is 17.8. The number of amides is 1. The van der Waals surface area contributed by atoms with Crippen molar-refractivity contribution in [2.24, 2.45) is 4.99 Å². The largest absolute Gasteiger partial charge is 0.459 e. The maximum atomic E-state index is 11.8. The van der Waals surface area contributed by atoms with Gasteiger partial charge in [-0.3, -0.25) is 9.79 Å². The average molecular weight is 477 g/mol. The van der Waals surface area contributed by atoms with E-state index in [0.29, 0.717) is 25.4 Å². The molecule has 25 heavy (non-hydrogen) atoms. The first-order chi connectivity index (χ1) is 11.6. The molecule has 9 heteroatoms. The minimum atomic E-state index is -0.230. The molecule has 0 saturated carbocycles. The summed E-state index contributed by atoms with van der Waals surface area (Å²) < 4.78 is 5.04. The van der Waals surface area contributed by atoms with Crippen LogP contribution in [0, 0.1) is 6.92 Å². The smallest absolute Gasteiger partial charge is 0.287 e. The summed E-state index contributed by atoms with van der Waals surface area (Å²) >= 11 is 1.64. The van der Waals surface area contributed by atoms with Crippen LogP contribution < -0.4 is 10.6 Å². The number of furan rings is 1. The fourth-order valence-electron chi connectivity index (χ4n) is 2.09. The van der Waals surface area contributed by atoms with Gasteiger partial charge in [-0.1, -0.05) is 0 Å². The van der Waals surface area contributed by atoms with E-state index in [1.807, 2.05) is 25.8 Å². The first kappa shape index (κ1) is 21.4. The van der Waals surface area contributed by atoms with E-state index < -0.39 is 0 Å². The molecule has 0 atom stereocenters. The highest BCUT2D eigenvalue weighted by Crippen LogP contribution is 2.09. The SMILES string of the molecule is CCNC(=NCCNC(=O)c1ccco1)N(C)Cc1csc(C)n1.I. The summed E-state index contributed by atoms with van der Waals surface area (Å²) in [5.74, 6) is 0.865. The van der Waals surface area contributed by atoms with Crippen molar-refractivity contribution in [2.75, 3.05) is 26.7 Å². The molecule has 7 nitrogen and oxygen atoms in total. The lowest BCUT2D eigenvalue weighted by Gasteiger charge is -2.21. The molecule has 0 radical (unpaired) electrons. The standard InChI is InChI=1S/C16H23N5O2S.HI/c1-4-17-16(21(3)10-13-11-24-12(2)20-13)19-8-7-18-15(22)14-6-5-9-23-14;/h5-6,9,11H,4,7-8,10H2,1-3H3,(H,17,19)(H,18,22);1H. The van der Waals surface area contributed by atoms with Gasteiger partial charge in [0, 0.05) is 25.5 Å². The zero-order valence-electron chi connectivity index (χ0n) is 14.6. The van der Waals surface area contributed by atoms with Crippen LogP contribution in [0.5, 0.6) is 0 Å². The van der Waals surface area contributed by atoms with Crippen LogP contribution in [0.15, 0.2) is 33.2 Å². The van der Waals surface area contributed by atoms with Crippen molar-refractivity contribution in [2.45, 2.75) is 20.4 Å². The van der Waals surface area contributed by atoms with Gasteiger partial charge >= 0.3 is 0 Å². The quantitative estimate of drug-likeness (QED) is 0.277. The average Bonchev–Trinajstić information content (AvgIpc) is 3.22. The van der Waals surface area contributed by atoms with Gasteiger partial charge in [-0.25, -0.2) is 4.98 Å². The molecule has 0 spiro atoms. The number of carbonyl (C=O) groups is 1. The Hall–Kier alpha value is -1.62. The number of carbonyl (C=O) groups excluding carboxylic acids is 1. The molecule has 0 aliphatic rings. The Labute approximate surface area is 168 Å². The van der Waals surface area contributed by atoms with Gasteiger partial charge in [-0.15, -0.1) is 35.3 Å². The van der Waals surface area contributed by atoms with E-state index in [1.54, 1.807) is 23.5 Å². The summed E-state index contributed by atoms with van der Waals surface area (Å²) in [6.45, 7) is 6.41. The van der Waals surface area contributed by atoms with E-state index in [-0.39, 0.29) is 29.9 Å². The van der Waals surface area contributed by atoms with Crippen LogP contribution in [-0.2, 0) is 6.54 Å². The van der Waals surface area contributed by atoms with Crippen molar-refractivity contribution in [3.63, 3.8) is 0 Å². The van der Waals surface area contributed by atoms with Crippen LogP contribution in [0.4, 0.5) is 0 Å². The fraction of sp³-hybridized carbons (Fsp3) is 0.438. The molecule has 2 heterocycles. The van der Waals surface area contributed by atoms with E-state index in [1.165, 1.54) is 6.26 Å². The predicted octanol–water partition coefficient (Wildman–Crippen LogP) is 2.49. The molecule has 0 fully saturated rings. The number of hydrogen-bond acceptors (Lipinski definition) is 5. The lowest BCUT2D eigenvalue weighted by atomic mass is 10.4. The van der Waals surface area contributed by atoms with Gasteiger partial charge in [0.1, 0.15) is 0 Å². The molecule has 2 aromatic heterocycles. The first-order valence-electron chi connectivity index (χ1n) is 7.82. The molecular weight excluding hydrogens is 453 g/mol. The number of aliphatic imine (C=N–C) groups is 1. The van der Waals surface area contributed by atoms with Crippen molar-refractivity contribution in [3.8, 4) is 0 Å². The van der Waals surface area contributed by atoms with Crippen molar-refractivity contribution in [3.05, 3.63) is 40.2 Å². The number of thiazole rings is 1. The Balaban J connectivity index is 0.00000312. The van der Waals surface area contributed by atoms with Crippen molar-refractivity contribution in [1.29, 1.82) is 0 Å². The van der Waals surface area contributed by atoms with E-state index in [4.69, 9.17) is 4.42 Å². The molecule has 0 aliphatic heterocycles. The minimum absolute atomic E-state index is 0. The summed E-state index contributed by atoms with van der Waals surface area (Å²) in [6, 6.07) is 3.32. The van der Waals surface area contributed by atoms with Crippen LogP contribution in [0.3, 0.4) is 0 Å². The predicted molar refractivity (Wildman–Crippen MR) is 111 cm³/mol. The number of aromatic nitrogens is 1. The second-order valence-electron chi connectivity index (χ2n) is 5.18. The Morgan fingerprint density at radius 3 is 2.84 bits per heavy atom. The number of halogens is 1. The van der Waals surface area contributed by atoms with E-state index in [0.717, 1.165) is 23.2 Å². The summed E-state index contributed by atoms with van der Waals surface area (Å²) in [6.07, 6.45) is 1.48. The third kappa shape index (κ3) is 7.02. The molecule has 2 N–H and O–H groups in total. The highest BCUT2D eigenvalue weighted by molar-refractivity contribution is 14.0. The molecule has 0 aromatic carbocycles. The molecule has 138 valence electrons. The Kier molecular flexibility index (Phi) is 9.50. The third-order valence-corrected chi connectivity index (χ3v) is 3.99. The number of rotatable bonds is 7. The molecule has 1 amide bonds. The van der Waals surface area contributed by atoms with Crippen LogP contribution in [0.1, 0.15) is 28.2 Å². The zero-order chi connectivity index (χ0) is 17.4. The highest BCUT2D eigenvalue weighted by atomic mass is 127. The third-order valence-electron chi connectivity index (χ3n) is 3.17. The topological polar surface area (TPSA) is 82.8 Å². The van der Waals surface area contributed by atoms with Crippen molar-refractivity contribution in [1.82, 2.24) is 20.5 Å². The van der Waals surface area contributed by atoms with E-state index in [9.17, 15) is 4.79 Å². The fourth-order valence-corrected chi connectivity index (χ4v) is 2.70. The van der Waals surface area contributed by atoms with Gasteiger partial charge in [-0.05, 0) is 26.0 Å². The number of aryl methyl sites for hydroxylation is 1. The van der Waals surface area contributed by atoms with Crippen LogP contribution in [0.25, 0.3) is 0 Å². The Morgan fingerprint density at radius 2 is 2.24 bits per heavy atom. The van der Waals surface area contributed by atoms with Crippen molar-refractivity contribution < 1.29 is 9.21 Å². The molecule has 2 rings (SSSR count). The van der Waals surface area contributed by atoms with Gasteiger partial charge in [0.15, 0.2) is 11.7 Å². The maximum absolute atomic E-state index is 11.8. The van der Waals surface area contributed by atoms with Gasteiger partial charge in [0.2, 0.25) is 0 Å². The second-order valence-corrected chi connectivity index (χ2v) is 6.25. The Morgan fingerprint density at radius 1 is 1.44 bits per heavy atom. The minimum Gasteiger partial charge on any atom is -0.459 e. The molecular formula is C16H24IN5O2S. The highest BCUT2D eigenvalue weighted by Gasteiger charge is 2.09. The summed E-state index contributed by atoms with van der Waals surface area (Å²) in [5.41, 5.74) is 1.02.